The van der Waals surface area contributed by atoms with Crippen molar-refractivity contribution in [1.82, 2.24) is 10.2 Å². The molecule has 9 heteroatoms. The van der Waals surface area contributed by atoms with E-state index in [0.29, 0.717) is 0 Å². The fourth-order valence-corrected chi connectivity index (χ4v) is 2.56. The topological polar surface area (TPSA) is 84.7 Å². The maximum absolute atomic E-state index is 12.2. The van der Waals surface area contributed by atoms with Crippen LogP contribution in [-0.4, -0.2) is 35.9 Å². The summed E-state index contributed by atoms with van der Waals surface area (Å²) >= 11 is 0. The number of benzene rings is 2. The molecule has 1 unspecified atom stereocenters. The van der Waals surface area contributed by atoms with Crippen LogP contribution in [0.15, 0.2) is 48.5 Å². The first-order chi connectivity index (χ1) is 13.3. The van der Waals surface area contributed by atoms with Crippen molar-refractivity contribution in [2.45, 2.75) is 26.1 Å². The van der Waals surface area contributed by atoms with Crippen LogP contribution in [0.1, 0.15) is 24.1 Å². The highest BCUT2D eigenvalue weighted by molar-refractivity contribution is 5.78. The first kappa shape index (κ1) is 21.2. The van der Waals surface area contributed by atoms with Gasteiger partial charge >= 0.3 is 6.61 Å². The molecule has 0 fully saturated rings. The van der Waals surface area contributed by atoms with Crippen molar-refractivity contribution < 1.29 is 23.2 Å². The minimum absolute atomic E-state index is 0.00136. The third-order valence-electron chi connectivity index (χ3n) is 4.26. The Kier molecular flexibility index (Phi) is 7.39. The lowest BCUT2D eigenvalue weighted by Gasteiger charge is -2.24. The summed E-state index contributed by atoms with van der Waals surface area (Å²) in [4.78, 5) is 24.4. The van der Waals surface area contributed by atoms with E-state index in [0.717, 1.165) is 11.1 Å². The molecule has 0 saturated heterocycles. The van der Waals surface area contributed by atoms with Gasteiger partial charge in [0.2, 0.25) is 5.91 Å². The SMILES string of the molecule is CC(c1cccc([N+](=O)[O-])c1)N(C)CC(=O)NCc1ccc(OC(F)F)cc1. The Balaban J connectivity index is 1.86. The summed E-state index contributed by atoms with van der Waals surface area (Å²) in [5.74, 6) is -0.178. The molecular formula is C19H21F2N3O4. The van der Waals surface area contributed by atoms with E-state index < -0.39 is 11.5 Å². The van der Waals surface area contributed by atoms with Gasteiger partial charge < -0.3 is 10.1 Å². The van der Waals surface area contributed by atoms with Crippen LogP contribution in [0.4, 0.5) is 14.5 Å². The highest BCUT2D eigenvalue weighted by atomic mass is 19.3. The van der Waals surface area contributed by atoms with Gasteiger partial charge in [0.1, 0.15) is 5.75 Å². The molecule has 0 aliphatic carbocycles. The van der Waals surface area contributed by atoms with E-state index in [2.05, 4.69) is 10.1 Å². The fraction of sp³-hybridized carbons (Fsp3) is 0.316. The second kappa shape index (κ2) is 9.75. The quantitative estimate of drug-likeness (QED) is 0.521. The third kappa shape index (κ3) is 6.27. The van der Waals surface area contributed by atoms with E-state index in [1.807, 2.05) is 6.92 Å². The van der Waals surface area contributed by atoms with Crippen LogP contribution in [0.5, 0.6) is 5.75 Å². The van der Waals surface area contributed by atoms with E-state index >= 15 is 0 Å². The van der Waals surface area contributed by atoms with Gasteiger partial charge in [0, 0.05) is 24.7 Å². The van der Waals surface area contributed by atoms with Gasteiger partial charge in [-0.2, -0.15) is 8.78 Å². The molecule has 0 aliphatic heterocycles. The van der Waals surface area contributed by atoms with Crippen molar-refractivity contribution in [2.75, 3.05) is 13.6 Å². The van der Waals surface area contributed by atoms with Crippen molar-refractivity contribution in [3.05, 3.63) is 69.8 Å². The van der Waals surface area contributed by atoms with E-state index in [-0.39, 0.29) is 36.5 Å². The molecule has 0 saturated carbocycles. The highest BCUT2D eigenvalue weighted by Gasteiger charge is 2.17. The number of halogens is 2. The van der Waals surface area contributed by atoms with Crippen molar-refractivity contribution in [1.29, 1.82) is 0 Å². The van der Waals surface area contributed by atoms with Gasteiger partial charge in [-0.05, 0) is 37.2 Å². The number of hydrogen-bond donors (Lipinski definition) is 1. The normalized spacial score (nSPS) is 12.1. The smallest absolute Gasteiger partial charge is 0.387 e. The minimum atomic E-state index is -2.88. The molecule has 0 heterocycles. The maximum atomic E-state index is 12.2. The first-order valence-electron chi connectivity index (χ1n) is 8.51. The van der Waals surface area contributed by atoms with E-state index in [1.54, 1.807) is 36.2 Å². The summed E-state index contributed by atoms with van der Waals surface area (Å²) in [6.45, 7) is -0.689. The van der Waals surface area contributed by atoms with Crippen molar-refractivity contribution in [3.63, 3.8) is 0 Å². The van der Waals surface area contributed by atoms with Gasteiger partial charge in [-0.15, -0.1) is 0 Å². The van der Waals surface area contributed by atoms with Crippen LogP contribution in [-0.2, 0) is 11.3 Å². The molecule has 1 atom stereocenters. The monoisotopic (exact) mass is 393 g/mol. The molecule has 150 valence electrons. The van der Waals surface area contributed by atoms with Crippen LogP contribution in [0, 0.1) is 10.1 Å². The Morgan fingerprint density at radius 1 is 1.25 bits per heavy atom. The molecule has 0 aromatic heterocycles. The second-order valence-electron chi connectivity index (χ2n) is 6.24. The number of carbonyl (C=O) groups excluding carboxylic acids is 1. The minimum Gasteiger partial charge on any atom is -0.435 e. The third-order valence-corrected chi connectivity index (χ3v) is 4.26. The Bertz CT molecular complexity index is 815. The average molecular weight is 393 g/mol. The summed E-state index contributed by atoms with van der Waals surface area (Å²) in [5, 5.41) is 13.6. The molecule has 0 spiro atoms. The number of nitrogens with zero attached hydrogens (tertiary/aromatic N) is 2. The Labute approximate surface area is 161 Å². The van der Waals surface area contributed by atoms with E-state index in [4.69, 9.17) is 0 Å². The lowest BCUT2D eigenvalue weighted by Crippen LogP contribution is -2.36. The number of non-ortho nitro benzene ring substituents is 1. The molecule has 28 heavy (non-hydrogen) atoms. The molecule has 2 aromatic rings. The molecule has 7 nitrogen and oxygen atoms in total. The number of nitro groups is 1. The van der Waals surface area contributed by atoms with Gasteiger partial charge in [-0.1, -0.05) is 24.3 Å². The zero-order chi connectivity index (χ0) is 20.7. The van der Waals surface area contributed by atoms with Gasteiger partial charge in [-0.25, -0.2) is 0 Å². The fourth-order valence-electron chi connectivity index (χ4n) is 2.56. The Morgan fingerprint density at radius 2 is 1.93 bits per heavy atom. The average Bonchev–Trinajstić information content (AvgIpc) is 2.66. The molecule has 1 amide bonds. The predicted octanol–water partition coefficient (Wildman–Crippen LogP) is 3.51. The van der Waals surface area contributed by atoms with Crippen LogP contribution in [0.25, 0.3) is 0 Å². The van der Waals surface area contributed by atoms with Crippen LogP contribution in [0.3, 0.4) is 0 Å². The van der Waals surface area contributed by atoms with Crippen molar-refractivity contribution in [2.24, 2.45) is 0 Å². The Morgan fingerprint density at radius 3 is 2.54 bits per heavy atom. The van der Waals surface area contributed by atoms with Gasteiger partial charge in [0.05, 0.1) is 11.5 Å². The molecule has 2 rings (SSSR count). The largest absolute Gasteiger partial charge is 0.435 e. The summed E-state index contributed by atoms with van der Waals surface area (Å²) in [7, 11) is 1.75. The van der Waals surface area contributed by atoms with Crippen LogP contribution >= 0.6 is 0 Å². The van der Waals surface area contributed by atoms with Gasteiger partial charge in [0.15, 0.2) is 0 Å². The van der Waals surface area contributed by atoms with Crippen molar-refractivity contribution >= 4 is 11.6 Å². The molecular weight excluding hydrogens is 372 g/mol. The lowest BCUT2D eigenvalue weighted by atomic mass is 10.1. The number of nitrogens with one attached hydrogen (secondary N) is 1. The molecule has 1 N–H and O–H groups in total. The molecule has 0 radical (unpaired) electrons. The highest BCUT2D eigenvalue weighted by Crippen LogP contribution is 2.22. The number of carbonyl (C=O) groups is 1. The molecule has 0 aliphatic rings. The number of amides is 1. The number of hydrogen-bond acceptors (Lipinski definition) is 5. The first-order valence-corrected chi connectivity index (χ1v) is 8.51. The maximum Gasteiger partial charge on any atom is 0.387 e. The summed E-state index contributed by atoms with van der Waals surface area (Å²) in [6.07, 6.45) is 0. The molecule has 2 aromatic carbocycles. The molecule has 0 bridgehead atoms. The Hall–Kier alpha value is -3.07. The van der Waals surface area contributed by atoms with E-state index in [1.165, 1.54) is 24.3 Å². The van der Waals surface area contributed by atoms with Crippen LogP contribution < -0.4 is 10.1 Å². The zero-order valence-corrected chi connectivity index (χ0v) is 15.5. The lowest BCUT2D eigenvalue weighted by molar-refractivity contribution is -0.384. The number of likely N-dealkylation sites (N-methyl/N-ethyl adjacent to an activating group) is 1. The summed E-state index contributed by atoms with van der Waals surface area (Å²) in [5.41, 5.74) is 1.48. The van der Waals surface area contributed by atoms with Crippen LogP contribution in [0.2, 0.25) is 0 Å². The zero-order valence-electron chi connectivity index (χ0n) is 15.5. The summed E-state index contributed by atoms with van der Waals surface area (Å²) in [6, 6.07) is 12.1. The van der Waals surface area contributed by atoms with Gasteiger partial charge in [-0.3, -0.25) is 19.8 Å². The predicted molar refractivity (Wildman–Crippen MR) is 99.1 cm³/mol. The van der Waals surface area contributed by atoms with Gasteiger partial charge in [0.25, 0.3) is 5.69 Å². The summed E-state index contributed by atoms with van der Waals surface area (Å²) < 4.78 is 28.5. The number of nitro benzene ring substituents is 1. The number of ether oxygens (including phenoxy) is 1. The van der Waals surface area contributed by atoms with Crippen molar-refractivity contribution in [3.8, 4) is 5.75 Å². The second-order valence-corrected chi connectivity index (χ2v) is 6.24. The number of rotatable bonds is 9. The number of alkyl halides is 2. The standard InChI is InChI=1S/C19H21F2N3O4/c1-13(15-4-3-5-16(10-15)24(26)27)23(2)12-18(25)22-11-14-6-8-17(9-7-14)28-19(20)21/h3-10,13,19H,11-12H2,1-2H3,(H,22,25). The van der Waals surface area contributed by atoms with E-state index in [9.17, 15) is 23.7 Å².